The Balaban J connectivity index is 1.40. The molecule has 28 heavy (non-hydrogen) atoms. The highest BCUT2D eigenvalue weighted by Gasteiger charge is 2.14. The number of hydrogen-bond acceptors (Lipinski definition) is 5. The molecule has 0 bridgehead atoms. The Labute approximate surface area is 160 Å². The Hall–Kier alpha value is -3.35. The van der Waals surface area contributed by atoms with Crippen LogP contribution in [-0.2, 0) is 0 Å². The van der Waals surface area contributed by atoms with Gasteiger partial charge in [0.05, 0.1) is 12.1 Å². The molecule has 142 valence electrons. The van der Waals surface area contributed by atoms with Crippen molar-refractivity contribution >= 4 is 27.6 Å². The fourth-order valence-corrected chi connectivity index (χ4v) is 2.98. The number of nitrogens with zero attached hydrogens (tertiary/aromatic N) is 3. The zero-order chi connectivity index (χ0) is 19.3. The highest BCUT2D eigenvalue weighted by atomic mass is 19.3. The van der Waals surface area contributed by atoms with E-state index < -0.39 is 12.2 Å². The first-order chi connectivity index (χ1) is 13.7. The van der Waals surface area contributed by atoms with Gasteiger partial charge in [0.25, 0.3) is 6.43 Å². The summed E-state index contributed by atoms with van der Waals surface area (Å²) in [5.41, 5.74) is 1.31. The normalized spacial score (nSPS) is 11.2. The number of halogens is 2. The number of rotatable bonds is 7. The van der Waals surface area contributed by atoms with Gasteiger partial charge in [-0.15, -0.1) is 0 Å². The molecule has 2 heterocycles. The van der Waals surface area contributed by atoms with Gasteiger partial charge in [0.2, 0.25) is 0 Å². The maximum atomic E-state index is 13.1. The zero-order valence-electron chi connectivity index (χ0n) is 15.0. The molecule has 0 aliphatic rings. The molecular weight excluding hydrogens is 362 g/mol. The summed E-state index contributed by atoms with van der Waals surface area (Å²) < 4.78 is 32.0. The Morgan fingerprint density at radius 3 is 2.71 bits per heavy atom. The molecule has 0 aliphatic heterocycles. The molecule has 2 aromatic carbocycles. The van der Waals surface area contributed by atoms with Crippen LogP contribution >= 0.6 is 0 Å². The van der Waals surface area contributed by atoms with E-state index in [-0.39, 0.29) is 0 Å². The number of ether oxygens (including phenoxy) is 1. The van der Waals surface area contributed by atoms with E-state index in [2.05, 4.69) is 20.3 Å². The van der Waals surface area contributed by atoms with Crippen molar-refractivity contribution < 1.29 is 13.5 Å². The van der Waals surface area contributed by atoms with Crippen LogP contribution in [0.2, 0.25) is 0 Å². The van der Waals surface area contributed by atoms with Gasteiger partial charge in [0, 0.05) is 23.5 Å². The van der Waals surface area contributed by atoms with E-state index in [0.29, 0.717) is 36.3 Å². The van der Waals surface area contributed by atoms with Crippen molar-refractivity contribution in [1.82, 2.24) is 15.0 Å². The van der Waals surface area contributed by atoms with Gasteiger partial charge in [-0.25, -0.2) is 18.7 Å². The molecule has 5 nitrogen and oxygen atoms in total. The van der Waals surface area contributed by atoms with E-state index in [0.717, 1.165) is 16.7 Å². The van der Waals surface area contributed by atoms with Crippen LogP contribution in [0.4, 0.5) is 14.6 Å². The first-order valence-corrected chi connectivity index (χ1v) is 8.97. The molecule has 4 aromatic rings. The molecule has 0 fully saturated rings. The van der Waals surface area contributed by atoms with E-state index in [4.69, 9.17) is 4.74 Å². The van der Waals surface area contributed by atoms with Crippen LogP contribution in [0.3, 0.4) is 0 Å². The first kappa shape index (κ1) is 18.0. The van der Waals surface area contributed by atoms with Crippen LogP contribution < -0.4 is 10.1 Å². The Morgan fingerprint density at radius 1 is 0.964 bits per heavy atom. The predicted octanol–water partition coefficient (Wildman–Crippen LogP) is 5.00. The van der Waals surface area contributed by atoms with Gasteiger partial charge in [-0.1, -0.05) is 30.3 Å². The molecule has 0 saturated carbocycles. The third kappa shape index (κ3) is 3.83. The summed E-state index contributed by atoms with van der Waals surface area (Å²) in [7, 11) is 0. The van der Waals surface area contributed by atoms with Gasteiger partial charge in [-0.2, -0.15) is 0 Å². The molecule has 7 heteroatoms. The van der Waals surface area contributed by atoms with E-state index in [1.807, 2.05) is 42.5 Å². The summed E-state index contributed by atoms with van der Waals surface area (Å²) >= 11 is 0. The molecule has 4 rings (SSSR count). The number of fused-ring (bicyclic) bond motifs is 2. The summed E-state index contributed by atoms with van der Waals surface area (Å²) in [6, 6.07) is 16.8. The third-order valence-corrected chi connectivity index (χ3v) is 4.28. The summed E-state index contributed by atoms with van der Waals surface area (Å²) in [5, 5.41) is 4.86. The molecule has 0 spiro atoms. The SMILES string of the molecule is FC(F)c1nc(NCCCOc2cccc3cccnc23)c2ccccc2n1. The molecule has 0 saturated heterocycles. The minimum Gasteiger partial charge on any atom is -0.491 e. The largest absolute Gasteiger partial charge is 0.491 e. The van der Waals surface area contributed by atoms with E-state index in [1.54, 1.807) is 18.3 Å². The number of aromatic nitrogens is 3. The van der Waals surface area contributed by atoms with Crippen LogP contribution in [0.5, 0.6) is 5.75 Å². The Kier molecular flexibility index (Phi) is 5.23. The van der Waals surface area contributed by atoms with Crippen molar-refractivity contribution in [2.45, 2.75) is 12.8 Å². The number of anilines is 1. The second-order valence-corrected chi connectivity index (χ2v) is 6.21. The molecule has 0 atom stereocenters. The maximum Gasteiger partial charge on any atom is 0.297 e. The number of para-hydroxylation sites is 2. The molecule has 1 N–H and O–H groups in total. The number of hydrogen-bond donors (Lipinski definition) is 1. The van der Waals surface area contributed by atoms with Crippen molar-refractivity contribution in [3.8, 4) is 5.75 Å². The number of benzene rings is 2. The minimum atomic E-state index is -2.72. The quantitative estimate of drug-likeness (QED) is 0.458. The average molecular weight is 380 g/mol. The van der Waals surface area contributed by atoms with Crippen LogP contribution in [-0.4, -0.2) is 28.1 Å². The summed E-state index contributed by atoms with van der Waals surface area (Å²) in [5.74, 6) is 0.664. The molecule has 0 unspecified atom stereocenters. The fourth-order valence-electron chi connectivity index (χ4n) is 2.98. The predicted molar refractivity (Wildman–Crippen MR) is 105 cm³/mol. The van der Waals surface area contributed by atoms with Gasteiger partial charge >= 0.3 is 0 Å². The monoisotopic (exact) mass is 380 g/mol. The minimum absolute atomic E-state index is 0.410. The number of nitrogens with one attached hydrogen (secondary N) is 1. The Bertz CT molecular complexity index is 1100. The lowest BCUT2D eigenvalue weighted by atomic mass is 10.2. The second kappa shape index (κ2) is 8.12. The lowest BCUT2D eigenvalue weighted by Gasteiger charge is -2.11. The van der Waals surface area contributed by atoms with Crippen molar-refractivity contribution in [2.75, 3.05) is 18.5 Å². The van der Waals surface area contributed by atoms with Crippen molar-refractivity contribution in [3.63, 3.8) is 0 Å². The second-order valence-electron chi connectivity index (χ2n) is 6.21. The van der Waals surface area contributed by atoms with Crippen LogP contribution in [0.1, 0.15) is 18.7 Å². The fraction of sp³-hybridized carbons (Fsp3) is 0.190. The highest BCUT2D eigenvalue weighted by Crippen LogP contribution is 2.25. The molecule has 2 aromatic heterocycles. The summed E-state index contributed by atoms with van der Waals surface area (Å²) in [6.45, 7) is 0.995. The zero-order valence-corrected chi connectivity index (χ0v) is 15.0. The summed E-state index contributed by atoms with van der Waals surface area (Å²) in [6.07, 6.45) is -0.310. The first-order valence-electron chi connectivity index (χ1n) is 8.97. The summed E-state index contributed by atoms with van der Waals surface area (Å²) in [4.78, 5) is 12.2. The lowest BCUT2D eigenvalue weighted by Crippen LogP contribution is -2.10. The van der Waals surface area contributed by atoms with Crippen LogP contribution in [0.15, 0.2) is 60.8 Å². The van der Waals surface area contributed by atoms with Gasteiger partial charge in [0.1, 0.15) is 17.1 Å². The molecular formula is C21H18F2N4O. The number of alkyl halides is 2. The highest BCUT2D eigenvalue weighted by molar-refractivity contribution is 5.89. The van der Waals surface area contributed by atoms with E-state index in [9.17, 15) is 8.78 Å². The number of pyridine rings is 1. The maximum absolute atomic E-state index is 13.1. The smallest absolute Gasteiger partial charge is 0.297 e. The van der Waals surface area contributed by atoms with Gasteiger partial charge < -0.3 is 10.1 Å². The topological polar surface area (TPSA) is 59.9 Å². The van der Waals surface area contributed by atoms with Crippen molar-refractivity contribution in [1.29, 1.82) is 0 Å². The lowest BCUT2D eigenvalue weighted by molar-refractivity contribution is 0.141. The molecule has 0 aliphatic carbocycles. The van der Waals surface area contributed by atoms with E-state index >= 15 is 0 Å². The third-order valence-electron chi connectivity index (χ3n) is 4.28. The Morgan fingerprint density at radius 2 is 1.82 bits per heavy atom. The van der Waals surface area contributed by atoms with Crippen LogP contribution in [0, 0.1) is 0 Å². The molecule has 0 radical (unpaired) electrons. The van der Waals surface area contributed by atoms with Gasteiger partial charge in [0.15, 0.2) is 5.82 Å². The van der Waals surface area contributed by atoms with Gasteiger partial charge in [-0.3, -0.25) is 4.98 Å². The van der Waals surface area contributed by atoms with Gasteiger partial charge in [-0.05, 0) is 30.7 Å². The average Bonchev–Trinajstić information content (AvgIpc) is 2.73. The standard InChI is InChI=1S/C21H18F2N4O/c22-19(23)21-26-16-9-2-1-8-15(16)20(27-21)25-12-5-13-28-17-10-3-6-14-7-4-11-24-18(14)17/h1-4,6-11,19H,5,12-13H2,(H,25,26,27). The van der Waals surface area contributed by atoms with Crippen molar-refractivity contribution in [2.24, 2.45) is 0 Å². The van der Waals surface area contributed by atoms with Crippen LogP contribution in [0.25, 0.3) is 21.8 Å². The molecule has 0 amide bonds. The van der Waals surface area contributed by atoms with E-state index in [1.165, 1.54) is 0 Å². The van der Waals surface area contributed by atoms with Crippen molar-refractivity contribution in [3.05, 3.63) is 66.6 Å².